The Morgan fingerprint density at radius 2 is 1.86 bits per heavy atom. The Hall–Kier alpha value is -2.75. The lowest BCUT2D eigenvalue weighted by Gasteiger charge is -2.14. The topological polar surface area (TPSA) is 71.9 Å². The van der Waals surface area contributed by atoms with Crippen LogP contribution in [0.5, 0.6) is 5.75 Å². The van der Waals surface area contributed by atoms with Crippen molar-refractivity contribution in [1.82, 2.24) is 4.98 Å². The van der Waals surface area contributed by atoms with Crippen molar-refractivity contribution in [2.45, 2.75) is 12.8 Å². The molecule has 0 saturated heterocycles. The third-order valence-electron chi connectivity index (χ3n) is 2.65. The van der Waals surface area contributed by atoms with Gasteiger partial charge in [-0.2, -0.15) is 5.26 Å². The molecule has 0 aliphatic heterocycles. The van der Waals surface area contributed by atoms with E-state index in [0.29, 0.717) is 11.3 Å². The molecule has 0 aliphatic carbocycles. The molecule has 2 rings (SSSR count). The number of para-hydroxylation sites is 1. The maximum absolute atomic E-state index is 12.4. The molecule has 0 radical (unpaired) electrons. The summed E-state index contributed by atoms with van der Waals surface area (Å²) in [5, 5.41) is 8.80. The van der Waals surface area contributed by atoms with Gasteiger partial charge < -0.3 is 10.5 Å². The molecule has 21 heavy (non-hydrogen) atoms. The first kappa shape index (κ1) is 14.7. The summed E-state index contributed by atoms with van der Waals surface area (Å²) in [6.07, 6.45) is -4.87. The van der Waals surface area contributed by atoms with Gasteiger partial charge in [0.25, 0.3) is 0 Å². The highest BCUT2D eigenvalue weighted by molar-refractivity contribution is 5.73. The fourth-order valence-electron chi connectivity index (χ4n) is 1.88. The zero-order valence-corrected chi connectivity index (χ0v) is 10.7. The maximum Gasteiger partial charge on any atom is 0.573 e. The standard InChI is InChI=1S/C14H10F3N3O/c15-14(16,17)21-12-4-2-1-3-10(12)9-5-6-13(19)20-11(9)7-8-18/h1-6H,7H2,(H2,19,20). The summed E-state index contributed by atoms with van der Waals surface area (Å²) in [7, 11) is 0. The van der Waals surface area contributed by atoms with Gasteiger partial charge in [0.15, 0.2) is 0 Å². The predicted octanol–water partition coefficient (Wildman–Crippen LogP) is 3.30. The van der Waals surface area contributed by atoms with E-state index in [4.69, 9.17) is 11.0 Å². The number of nitrogens with two attached hydrogens (primary N) is 1. The van der Waals surface area contributed by atoms with Gasteiger partial charge in [0.2, 0.25) is 0 Å². The van der Waals surface area contributed by atoms with Crippen LogP contribution >= 0.6 is 0 Å². The van der Waals surface area contributed by atoms with Crippen LogP contribution in [0.3, 0.4) is 0 Å². The van der Waals surface area contributed by atoms with Gasteiger partial charge in [0.05, 0.1) is 18.2 Å². The van der Waals surface area contributed by atoms with Gasteiger partial charge in [0, 0.05) is 11.1 Å². The molecule has 0 unspecified atom stereocenters. The molecule has 0 amide bonds. The summed E-state index contributed by atoms with van der Waals surface area (Å²) in [6, 6.07) is 10.6. The zero-order valence-electron chi connectivity index (χ0n) is 10.7. The first-order valence-electron chi connectivity index (χ1n) is 5.88. The number of alkyl halides is 3. The maximum atomic E-state index is 12.4. The van der Waals surface area contributed by atoms with E-state index in [1.165, 1.54) is 30.3 Å². The van der Waals surface area contributed by atoms with Gasteiger partial charge in [-0.3, -0.25) is 0 Å². The Morgan fingerprint density at radius 1 is 1.14 bits per heavy atom. The van der Waals surface area contributed by atoms with Crippen LogP contribution in [0.15, 0.2) is 36.4 Å². The number of nitrogens with zero attached hydrogens (tertiary/aromatic N) is 2. The zero-order chi connectivity index (χ0) is 15.5. The van der Waals surface area contributed by atoms with E-state index in [2.05, 4.69) is 9.72 Å². The molecule has 4 nitrogen and oxygen atoms in total. The highest BCUT2D eigenvalue weighted by Gasteiger charge is 2.32. The van der Waals surface area contributed by atoms with E-state index in [-0.39, 0.29) is 23.6 Å². The number of nitrogen functional groups attached to an aromatic ring is 1. The molecule has 2 aromatic rings. The number of aromatic nitrogens is 1. The van der Waals surface area contributed by atoms with Crippen molar-refractivity contribution >= 4 is 5.82 Å². The van der Waals surface area contributed by atoms with Gasteiger partial charge in [0.1, 0.15) is 11.6 Å². The highest BCUT2D eigenvalue weighted by Crippen LogP contribution is 2.35. The number of nitriles is 1. The SMILES string of the molecule is N#CCc1nc(N)ccc1-c1ccccc1OC(F)(F)F. The first-order valence-corrected chi connectivity index (χ1v) is 5.88. The van der Waals surface area contributed by atoms with Crippen molar-refractivity contribution < 1.29 is 17.9 Å². The molecule has 0 saturated carbocycles. The molecule has 1 aromatic heterocycles. The fraction of sp³-hybridized carbons (Fsp3) is 0.143. The first-order chi connectivity index (χ1) is 9.90. The number of benzene rings is 1. The third-order valence-corrected chi connectivity index (χ3v) is 2.65. The Labute approximate surface area is 118 Å². The Balaban J connectivity index is 2.55. The summed E-state index contributed by atoms with van der Waals surface area (Å²) in [6.45, 7) is 0. The number of anilines is 1. The average Bonchev–Trinajstić information content (AvgIpc) is 2.39. The second-order valence-electron chi connectivity index (χ2n) is 4.11. The lowest BCUT2D eigenvalue weighted by molar-refractivity contribution is -0.274. The molecule has 0 spiro atoms. The molecule has 7 heteroatoms. The number of hydrogen-bond acceptors (Lipinski definition) is 4. The van der Waals surface area contributed by atoms with Crippen molar-refractivity contribution in [3.8, 4) is 22.9 Å². The number of hydrogen-bond donors (Lipinski definition) is 1. The molecule has 108 valence electrons. The lowest BCUT2D eigenvalue weighted by atomic mass is 10.0. The van der Waals surface area contributed by atoms with Gasteiger partial charge in [-0.15, -0.1) is 13.2 Å². The number of ether oxygens (including phenoxy) is 1. The quantitative estimate of drug-likeness (QED) is 0.942. The van der Waals surface area contributed by atoms with Crippen molar-refractivity contribution in [2.75, 3.05) is 5.73 Å². The van der Waals surface area contributed by atoms with Gasteiger partial charge in [-0.25, -0.2) is 4.98 Å². The van der Waals surface area contributed by atoms with Gasteiger partial charge in [-0.05, 0) is 18.2 Å². The van der Waals surface area contributed by atoms with Crippen LogP contribution in [0.1, 0.15) is 5.69 Å². The molecule has 0 fully saturated rings. The summed E-state index contributed by atoms with van der Waals surface area (Å²) in [4.78, 5) is 4.00. The summed E-state index contributed by atoms with van der Waals surface area (Å²) < 4.78 is 41.3. The summed E-state index contributed by atoms with van der Waals surface area (Å²) in [5.74, 6) is -0.158. The second-order valence-corrected chi connectivity index (χ2v) is 4.11. The summed E-state index contributed by atoms with van der Waals surface area (Å²) >= 11 is 0. The molecule has 0 aliphatic rings. The number of pyridine rings is 1. The minimum atomic E-state index is -4.80. The van der Waals surface area contributed by atoms with Crippen molar-refractivity contribution in [1.29, 1.82) is 5.26 Å². The Kier molecular flexibility index (Phi) is 3.98. The summed E-state index contributed by atoms with van der Waals surface area (Å²) in [5.41, 5.74) is 6.43. The van der Waals surface area contributed by atoms with Crippen LogP contribution in [0.2, 0.25) is 0 Å². The molecule has 2 N–H and O–H groups in total. The van der Waals surface area contributed by atoms with E-state index in [1.807, 2.05) is 6.07 Å². The molecule has 1 aromatic carbocycles. The van der Waals surface area contributed by atoms with Crippen molar-refractivity contribution in [3.05, 3.63) is 42.1 Å². The largest absolute Gasteiger partial charge is 0.573 e. The van der Waals surface area contributed by atoms with Crippen LogP contribution in [-0.4, -0.2) is 11.3 Å². The van der Waals surface area contributed by atoms with E-state index in [1.54, 1.807) is 6.07 Å². The van der Waals surface area contributed by atoms with Gasteiger partial charge >= 0.3 is 6.36 Å². The van der Waals surface area contributed by atoms with E-state index in [0.717, 1.165) is 0 Å². The third kappa shape index (κ3) is 3.63. The van der Waals surface area contributed by atoms with Crippen molar-refractivity contribution in [2.24, 2.45) is 0 Å². The highest BCUT2D eigenvalue weighted by atomic mass is 19.4. The van der Waals surface area contributed by atoms with Crippen LogP contribution in [0.25, 0.3) is 11.1 Å². The Morgan fingerprint density at radius 3 is 2.52 bits per heavy atom. The van der Waals surface area contributed by atoms with Crippen LogP contribution in [0.4, 0.5) is 19.0 Å². The number of rotatable bonds is 3. The smallest absolute Gasteiger partial charge is 0.405 e. The molecule has 0 bridgehead atoms. The van der Waals surface area contributed by atoms with Crippen LogP contribution in [0, 0.1) is 11.3 Å². The minimum absolute atomic E-state index is 0.0687. The average molecular weight is 293 g/mol. The monoisotopic (exact) mass is 293 g/mol. The predicted molar refractivity (Wildman–Crippen MR) is 70.1 cm³/mol. The Bertz CT molecular complexity index is 693. The number of halogens is 3. The van der Waals surface area contributed by atoms with Crippen LogP contribution < -0.4 is 10.5 Å². The van der Waals surface area contributed by atoms with E-state index >= 15 is 0 Å². The molecular formula is C14H10F3N3O. The fourth-order valence-corrected chi connectivity index (χ4v) is 1.88. The molecule has 1 heterocycles. The lowest BCUT2D eigenvalue weighted by Crippen LogP contribution is -2.17. The van der Waals surface area contributed by atoms with Crippen molar-refractivity contribution in [3.63, 3.8) is 0 Å². The van der Waals surface area contributed by atoms with Gasteiger partial charge in [-0.1, -0.05) is 18.2 Å². The molecule has 0 atom stereocenters. The molecular weight excluding hydrogens is 283 g/mol. The normalized spacial score (nSPS) is 11.0. The van der Waals surface area contributed by atoms with E-state index in [9.17, 15) is 13.2 Å². The minimum Gasteiger partial charge on any atom is -0.405 e. The second kappa shape index (κ2) is 5.71. The van der Waals surface area contributed by atoms with E-state index < -0.39 is 6.36 Å². The van der Waals surface area contributed by atoms with Crippen LogP contribution in [-0.2, 0) is 6.42 Å².